The monoisotopic (exact) mass is 266 g/mol. The molecule has 3 aliphatic heterocycles. The van der Waals surface area contributed by atoms with Crippen LogP contribution in [0.5, 0.6) is 0 Å². The average Bonchev–Trinajstić information content (AvgIpc) is 2.72. The summed E-state index contributed by atoms with van der Waals surface area (Å²) in [6, 6.07) is 1.58. The summed E-state index contributed by atoms with van der Waals surface area (Å²) in [5, 5.41) is 3.64. The quantitative estimate of drug-likeness (QED) is 0.824. The molecule has 108 valence electrons. The first kappa shape index (κ1) is 13.4. The minimum atomic E-state index is 0.168. The number of carbonyl (C=O) groups is 1. The van der Waals surface area contributed by atoms with Gasteiger partial charge in [0.1, 0.15) is 0 Å². The molecule has 3 fully saturated rings. The molecule has 1 amide bonds. The van der Waals surface area contributed by atoms with E-state index in [1.165, 1.54) is 25.7 Å². The molecule has 0 spiro atoms. The molecule has 1 N–H and O–H groups in total. The van der Waals surface area contributed by atoms with Crippen LogP contribution < -0.4 is 5.32 Å². The van der Waals surface area contributed by atoms with Gasteiger partial charge in [-0.25, -0.2) is 0 Å². The van der Waals surface area contributed by atoms with Gasteiger partial charge in [-0.3, -0.25) is 4.79 Å². The number of morpholine rings is 1. The lowest BCUT2D eigenvalue weighted by Gasteiger charge is -2.39. The number of hydrogen-bond acceptors (Lipinski definition) is 3. The number of nitrogens with zero attached hydrogens (tertiary/aromatic N) is 1. The fourth-order valence-corrected chi connectivity index (χ4v) is 3.99. The fraction of sp³-hybridized carbons (Fsp3) is 0.933. The Morgan fingerprint density at radius 1 is 1.26 bits per heavy atom. The van der Waals surface area contributed by atoms with E-state index in [9.17, 15) is 4.79 Å². The molecule has 0 aliphatic carbocycles. The second-order valence-electron chi connectivity index (χ2n) is 6.58. The van der Waals surface area contributed by atoms with Crippen molar-refractivity contribution in [2.75, 3.05) is 13.2 Å². The molecule has 3 heterocycles. The smallest absolute Gasteiger partial charge is 0.223 e. The summed E-state index contributed by atoms with van der Waals surface area (Å²) in [6.45, 7) is 5.62. The van der Waals surface area contributed by atoms with Crippen LogP contribution in [0.15, 0.2) is 0 Å². The fourth-order valence-electron chi connectivity index (χ4n) is 3.99. The van der Waals surface area contributed by atoms with E-state index < -0.39 is 0 Å². The van der Waals surface area contributed by atoms with Gasteiger partial charge in [-0.05, 0) is 45.4 Å². The van der Waals surface area contributed by atoms with Crippen molar-refractivity contribution in [3.63, 3.8) is 0 Å². The summed E-state index contributed by atoms with van der Waals surface area (Å²) in [4.78, 5) is 14.5. The van der Waals surface area contributed by atoms with E-state index in [-0.39, 0.29) is 12.1 Å². The van der Waals surface area contributed by atoms with Gasteiger partial charge in [-0.1, -0.05) is 0 Å². The molecular weight excluding hydrogens is 240 g/mol. The van der Waals surface area contributed by atoms with Gasteiger partial charge in [0, 0.05) is 25.0 Å². The van der Waals surface area contributed by atoms with Crippen molar-refractivity contribution >= 4 is 5.91 Å². The highest BCUT2D eigenvalue weighted by Gasteiger charge is 2.36. The van der Waals surface area contributed by atoms with Gasteiger partial charge in [0.25, 0.3) is 0 Å². The minimum Gasteiger partial charge on any atom is -0.375 e. The molecule has 4 heteroatoms. The maximum atomic E-state index is 12.5. The summed E-state index contributed by atoms with van der Waals surface area (Å²) in [7, 11) is 0. The van der Waals surface area contributed by atoms with Crippen molar-refractivity contribution in [3.05, 3.63) is 0 Å². The van der Waals surface area contributed by atoms with Gasteiger partial charge >= 0.3 is 0 Å². The van der Waals surface area contributed by atoms with E-state index >= 15 is 0 Å². The molecule has 19 heavy (non-hydrogen) atoms. The summed E-state index contributed by atoms with van der Waals surface area (Å²) in [6.07, 6.45) is 5.90. The second-order valence-corrected chi connectivity index (χ2v) is 6.58. The largest absolute Gasteiger partial charge is 0.375 e. The standard InChI is InChI=1S/C15H26N2O2/c1-10-11(2)19-6-5-17(10)15(18)9-12-7-13-3-4-14(8-12)16-13/h10-14,16H,3-9H2,1-2H3. The third kappa shape index (κ3) is 2.79. The normalized spacial score (nSPS) is 42.4. The average molecular weight is 266 g/mol. The van der Waals surface area contributed by atoms with Crippen LogP contribution in [0.25, 0.3) is 0 Å². The van der Waals surface area contributed by atoms with Gasteiger partial charge in [-0.15, -0.1) is 0 Å². The first-order valence-corrected chi connectivity index (χ1v) is 7.80. The summed E-state index contributed by atoms with van der Waals surface area (Å²) in [5.74, 6) is 0.936. The lowest BCUT2D eigenvalue weighted by atomic mass is 9.89. The molecule has 0 saturated carbocycles. The van der Waals surface area contributed by atoms with Gasteiger partial charge in [0.2, 0.25) is 5.91 Å². The number of carbonyl (C=O) groups excluding carboxylic acids is 1. The number of amides is 1. The van der Waals surface area contributed by atoms with Crippen molar-refractivity contribution in [2.24, 2.45) is 5.92 Å². The molecule has 3 saturated heterocycles. The van der Waals surface area contributed by atoms with Crippen molar-refractivity contribution in [2.45, 2.75) is 70.2 Å². The summed E-state index contributed by atoms with van der Waals surface area (Å²) in [5.41, 5.74) is 0. The van der Waals surface area contributed by atoms with Crippen LogP contribution in [-0.2, 0) is 9.53 Å². The molecule has 0 radical (unpaired) electrons. The SMILES string of the molecule is CC1OCCN(C(=O)CC2CC3CCC(C2)N3)C1C. The summed E-state index contributed by atoms with van der Waals surface area (Å²) >= 11 is 0. The predicted molar refractivity (Wildman–Crippen MR) is 73.9 cm³/mol. The van der Waals surface area contributed by atoms with Crippen LogP contribution in [0.1, 0.15) is 46.0 Å². The van der Waals surface area contributed by atoms with Gasteiger partial charge < -0.3 is 15.0 Å². The number of ether oxygens (including phenoxy) is 1. The van der Waals surface area contributed by atoms with Crippen molar-refractivity contribution in [3.8, 4) is 0 Å². The molecular formula is C15H26N2O2. The van der Waals surface area contributed by atoms with Crippen LogP contribution >= 0.6 is 0 Å². The molecule has 4 nitrogen and oxygen atoms in total. The van der Waals surface area contributed by atoms with E-state index in [2.05, 4.69) is 19.2 Å². The van der Waals surface area contributed by atoms with Crippen LogP contribution in [0, 0.1) is 5.92 Å². The molecule has 3 aliphatic rings. The Kier molecular flexibility index (Phi) is 3.81. The van der Waals surface area contributed by atoms with E-state index in [1.54, 1.807) is 0 Å². The highest BCUT2D eigenvalue weighted by molar-refractivity contribution is 5.77. The van der Waals surface area contributed by atoms with E-state index in [0.717, 1.165) is 13.0 Å². The number of hydrogen-bond donors (Lipinski definition) is 1. The van der Waals surface area contributed by atoms with Crippen LogP contribution in [-0.4, -0.2) is 48.2 Å². The van der Waals surface area contributed by atoms with Gasteiger partial charge in [0.05, 0.1) is 18.8 Å². The first-order valence-electron chi connectivity index (χ1n) is 7.80. The lowest BCUT2D eigenvalue weighted by Crippen LogP contribution is -2.52. The Labute approximate surface area is 115 Å². The Balaban J connectivity index is 1.56. The zero-order chi connectivity index (χ0) is 13.4. The number of nitrogens with one attached hydrogen (secondary N) is 1. The van der Waals surface area contributed by atoms with Gasteiger partial charge in [-0.2, -0.15) is 0 Å². The molecule has 0 aromatic heterocycles. The topological polar surface area (TPSA) is 41.6 Å². The van der Waals surface area contributed by atoms with E-state index in [1.807, 2.05) is 4.90 Å². The Hall–Kier alpha value is -0.610. The third-order valence-corrected chi connectivity index (χ3v) is 5.24. The number of piperidine rings is 1. The third-order valence-electron chi connectivity index (χ3n) is 5.24. The van der Waals surface area contributed by atoms with Crippen molar-refractivity contribution in [1.29, 1.82) is 0 Å². The van der Waals surface area contributed by atoms with E-state index in [4.69, 9.17) is 4.74 Å². The second kappa shape index (κ2) is 5.41. The lowest BCUT2D eigenvalue weighted by molar-refractivity contribution is -0.145. The maximum Gasteiger partial charge on any atom is 0.223 e. The van der Waals surface area contributed by atoms with Crippen LogP contribution in [0.3, 0.4) is 0 Å². The van der Waals surface area contributed by atoms with Crippen molar-refractivity contribution < 1.29 is 9.53 Å². The van der Waals surface area contributed by atoms with Gasteiger partial charge in [0.15, 0.2) is 0 Å². The highest BCUT2D eigenvalue weighted by atomic mass is 16.5. The zero-order valence-electron chi connectivity index (χ0n) is 12.1. The maximum absolute atomic E-state index is 12.5. The van der Waals surface area contributed by atoms with E-state index in [0.29, 0.717) is 30.5 Å². The molecule has 0 aromatic carbocycles. The predicted octanol–water partition coefficient (Wildman–Crippen LogP) is 1.54. The zero-order valence-corrected chi connectivity index (χ0v) is 12.1. The Bertz CT molecular complexity index is 335. The minimum absolute atomic E-state index is 0.168. The Morgan fingerprint density at radius 2 is 1.95 bits per heavy atom. The van der Waals surface area contributed by atoms with Crippen molar-refractivity contribution in [1.82, 2.24) is 10.2 Å². The first-order chi connectivity index (χ1) is 9.13. The number of rotatable bonds is 2. The molecule has 4 atom stereocenters. The molecule has 2 bridgehead atoms. The molecule has 4 unspecified atom stereocenters. The molecule has 0 aromatic rings. The number of fused-ring (bicyclic) bond motifs is 2. The van der Waals surface area contributed by atoms with Crippen LogP contribution in [0.2, 0.25) is 0 Å². The highest BCUT2D eigenvalue weighted by Crippen LogP contribution is 2.33. The molecule has 3 rings (SSSR count). The summed E-state index contributed by atoms with van der Waals surface area (Å²) < 4.78 is 5.60. The van der Waals surface area contributed by atoms with Crippen LogP contribution in [0.4, 0.5) is 0 Å². The Morgan fingerprint density at radius 3 is 2.63 bits per heavy atom.